The first-order valence-electron chi connectivity index (χ1n) is 13.8. The zero-order chi connectivity index (χ0) is 28.4. The van der Waals surface area contributed by atoms with E-state index in [1.807, 2.05) is 4.90 Å². The molecule has 0 rings (SSSR count). The number of hydrogen-bond acceptors (Lipinski definition) is 12. The molecule has 0 heterocycles. The van der Waals surface area contributed by atoms with Gasteiger partial charge in [0, 0.05) is 65.4 Å². The molecule has 0 fully saturated rings. The first-order valence-corrected chi connectivity index (χ1v) is 13.8. The Morgan fingerprint density at radius 1 is 0.447 bits per heavy atom. The second-order valence-electron chi connectivity index (χ2n) is 8.40. The summed E-state index contributed by atoms with van der Waals surface area (Å²) in [4.78, 5) is 51.2. The third-order valence-corrected chi connectivity index (χ3v) is 5.44. The van der Waals surface area contributed by atoms with E-state index in [1.54, 1.807) is 27.7 Å². The van der Waals surface area contributed by atoms with Crippen molar-refractivity contribution in [2.24, 2.45) is 0 Å². The van der Waals surface area contributed by atoms with E-state index in [9.17, 15) is 19.2 Å². The molecule has 0 amide bonds. The van der Waals surface area contributed by atoms with Crippen LogP contribution in [0.3, 0.4) is 0 Å². The number of nitrogens with zero attached hydrogens (tertiary/aromatic N) is 2. The number of ether oxygens (including phenoxy) is 4. The third-order valence-electron chi connectivity index (χ3n) is 5.44. The topological polar surface area (TPSA) is 136 Å². The zero-order valence-electron chi connectivity index (χ0n) is 23.9. The Labute approximate surface area is 228 Å². The molecule has 0 saturated heterocycles. The van der Waals surface area contributed by atoms with E-state index in [0.29, 0.717) is 85.2 Å². The van der Waals surface area contributed by atoms with Gasteiger partial charge in [0.05, 0.1) is 52.1 Å². The summed E-state index contributed by atoms with van der Waals surface area (Å²) in [6.07, 6.45) is 1.11. The van der Waals surface area contributed by atoms with Gasteiger partial charge in [0.2, 0.25) is 0 Å². The maximum absolute atomic E-state index is 11.9. The predicted octanol–water partition coefficient (Wildman–Crippen LogP) is 0.582. The van der Waals surface area contributed by atoms with Crippen LogP contribution in [0.5, 0.6) is 0 Å². The van der Waals surface area contributed by atoms with Crippen LogP contribution in [-0.4, -0.2) is 126 Å². The second-order valence-corrected chi connectivity index (χ2v) is 8.40. The average Bonchev–Trinajstić information content (AvgIpc) is 2.88. The van der Waals surface area contributed by atoms with Crippen LogP contribution in [0.25, 0.3) is 0 Å². The number of hydrogen-bond donors (Lipinski definition) is 2. The molecule has 0 aromatic carbocycles. The van der Waals surface area contributed by atoms with E-state index in [4.69, 9.17) is 18.9 Å². The van der Waals surface area contributed by atoms with Crippen molar-refractivity contribution in [1.82, 2.24) is 20.4 Å². The fourth-order valence-corrected chi connectivity index (χ4v) is 3.49. The van der Waals surface area contributed by atoms with Crippen LogP contribution in [0.1, 0.15) is 53.4 Å². The molecule has 0 bridgehead atoms. The molecule has 12 nitrogen and oxygen atoms in total. The lowest BCUT2D eigenvalue weighted by Crippen LogP contribution is -2.41. The van der Waals surface area contributed by atoms with E-state index in [2.05, 4.69) is 15.5 Å². The lowest BCUT2D eigenvalue weighted by atomic mass is 10.3. The van der Waals surface area contributed by atoms with E-state index in [-0.39, 0.29) is 43.1 Å². The minimum atomic E-state index is -0.270. The van der Waals surface area contributed by atoms with Crippen molar-refractivity contribution < 1.29 is 38.1 Å². The minimum absolute atomic E-state index is 0.205. The Morgan fingerprint density at radius 3 is 1.18 bits per heavy atom. The summed E-state index contributed by atoms with van der Waals surface area (Å²) in [6, 6.07) is 0. The highest BCUT2D eigenvalue weighted by Crippen LogP contribution is 2.01. The molecule has 2 N–H and O–H groups in total. The molecule has 0 atom stereocenters. The van der Waals surface area contributed by atoms with Gasteiger partial charge in [-0.3, -0.25) is 19.2 Å². The first kappa shape index (κ1) is 35.7. The lowest BCUT2D eigenvalue weighted by molar-refractivity contribution is -0.145. The molecule has 0 aliphatic heterocycles. The van der Waals surface area contributed by atoms with Crippen molar-refractivity contribution in [3.05, 3.63) is 0 Å². The number of carbonyl (C=O) groups is 4. The van der Waals surface area contributed by atoms with Crippen LogP contribution >= 0.6 is 0 Å². The van der Waals surface area contributed by atoms with Gasteiger partial charge < -0.3 is 39.4 Å². The molecule has 0 aliphatic rings. The minimum Gasteiger partial charge on any atom is -0.466 e. The molecule has 38 heavy (non-hydrogen) atoms. The molecule has 0 saturated carbocycles. The van der Waals surface area contributed by atoms with E-state index < -0.39 is 0 Å². The van der Waals surface area contributed by atoms with Crippen LogP contribution in [0, 0.1) is 0 Å². The fourth-order valence-electron chi connectivity index (χ4n) is 3.49. The maximum Gasteiger partial charge on any atom is 0.307 e. The molecule has 0 radical (unpaired) electrons. The summed E-state index contributed by atoms with van der Waals surface area (Å²) in [5, 5.41) is 6.57. The molecule has 0 aliphatic carbocycles. The van der Waals surface area contributed by atoms with Gasteiger partial charge in [-0.25, -0.2) is 0 Å². The van der Waals surface area contributed by atoms with E-state index in [1.165, 1.54) is 0 Å². The van der Waals surface area contributed by atoms with Gasteiger partial charge in [-0.15, -0.1) is 0 Å². The summed E-state index contributed by atoms with van der Waals surface area (Å²) < 4.78 is 20.0. The van der Waals surface area contributed by atoms with Crippen molar-refractivity contribution in [2.45, 2.75) is 53.4 Å². The molecule has 0 unspecified atom stereocenters. The third kappa shape index (κ3) is 21.8. The van der Waals surface area contributed by atoms with Crippen molar-refractivity contribution in [1.29, 1.82) is 0 Å². The monoisotopic (exact) mass is 546 g/mol. The Kier molecular flexibility index (Phi) is 23.5. The standard InChI is InChI=1S/C26H50N4O8/c1-5-35-23(31)9-13-27-14-15-28-16-20-30(19-12-26(34)38-8-4)22-21-29(17-10-24(32)36-6-2)18-11-25(33)37-7-3/h27-28H,5-22H2,1-4H3. The quantitative estimate of drug-likeness (QED) is 0.0942. The molecular weight excluding hydrogens is 496 g/mol. The largest absolute Gasteiger partial charge is 0.466 e. The van der Waals surface area contributed by atoms with Gasteiger partial charge in [-0.2, -0.15) is 0 Å². The number of rotatable bonds is 25. The van der Waals surface area contributed by atoms with Crippen LogP contribution in [0.2, 0.25) is 0 Å². The highest BCUT2D eigenvalue weighted by atomic mass is 16.5. The molecule has 12 heteroatoms. The van der Waals surface area contributed by atoms with Gasteiger partial charge in [-0.1, -0.05) is 0 Å². The summed E-state index contributed by atoms with van der Waals surface area (Å²) in [6.45, 7) is 14.7. The van der Waals surface area contributed by atoms with Gasteiger partial charge in [0.25, 0.3) is 0 Å². The Bertz CT molecular complexity index is 629. The predicted molar refractivity (Wildman–Crippen MR) is 144 cm³/mol. The molecule has 222 valence electrons. The second kappa shape index (κ2) is 25.0. The number of esters is 4. The summed E-state index contributed by atoms with van der Waals surface area (Å²) >= 11 is 0. The zero-order valence-corrected chi connectivity index (χ0v) is 23.9. The van der Waals surface area contributed by atoms with Crippen molar-refractivity contribution in [3.63, 3.8) is 0 Å². The molecule has 0 spiro atoms. The van der Waals surface area contributed by atoms with Gasteiger partial charge in [0.15, 0.2) is 0 Å². The van der Waals surface area contributed by atoms with Crippen LogP contribution in [0.4, 0.5) is 0 Å². The smallest absolute Gasteiger partial charge is 0.307 e. The summed E-state index contributed by atoms with van der Waals surface area (Å²) in [5.41, 5.74) is 0. The lowest BCUT2D eigenvalue weighted by Gasteiger charge is -2.27. The molecular formula is C26H50N4O8. The van der Waals surface area contributed by atoms with Crippen molar-refractivity contribution in [3.8, 4) is 0 Å². The van der Waals surface area contributed by atoms with Gasteiger partial charge in [-0.05, 0) is 27.7 Å². The molecule has 0 aromatic rings. The average molecular weight is 547 g/mol. The maximum atomic E-state index is 11.9. The Balaban J connectivity index is 4.69. The van der Waals surface area contributed by atoms with Crippen molar-refractivity contribution >= 4 is 23.9 Å². The normalized spacial score (nSPS) is 11.0. The number of nitrogens with one attached hydrogen (secondary N) is 2. The van der Waals surface area contributed by atoms with E-state index >= 15 is 0 Å². The highest BCUT2D eigenvalue weighted by molar-refractivity contribution is 5.70. The first-order chi connectivity index (χ1) is 18.4. The summed E-state index contributed by atoms with van der Waals surface area (Å²) in [7, 11) is 0. The van der Waals surface area contributed by atoms with Crippen LogP contribution in [0.15, 0.2) is 0 Å². The van der Waals surface area contributed by atoms with Gasteiger partial charge >= 0.3 is 23.9 Å². The summed E-state index contributed by atoms with van der Waals surface area (Å²) in [5.74, 6) is -0.984. The van der Waals surface area contributed by atoms with Crippen LogP contribution < -0.4 is 10.6 Å². The fraction of sp³-hybridized carbons (Fsp3) is 0.846. The SMILES string of the molecule is CCOC(=O)CCNCCNCCN(CCC(=O)OCC)CCN(CCC(=O)OCC)CCC(=O)OCC. The van der Waals surface area contributed by atoms with Gasteiger partial charge in [0.1, 0.15) is 0 Å². The van der Waals surface area contributed by atoms with Crippen LogP contribution in [-0.2, 0) is 38.1 Å². The van der Waals surface area contributed by atoms with E-state index in [0.717, 1.165) is 13.1 Å². The molecule has 0 aromatic heterocycles. The highest BCUT2D eigenvalue weighted by Gasteiger charge is 2.15. The Morgan fingerprint density at radius 2 is 0.789 bits per heavy atom. The number of carbonyl (C=O) groups excluding carboxylic acids is 4. The van der Waals surface area contributed by atoms with Crippen molar-refractivity contribution in [2.75, 3.05) is 91.9 Å². The Hall–Kier alpha value is -2.28.